The summed E-state index contributed by atoms with van der Waals surface area (Å²) in [6, 6.07) is -1.14. The molecule has 0 aliphatic heterocycles. The maximum absolute atomic E-state index is 12.3. The second kappa shape index (κ2) is 36.2. The predicted molar refractivity (Wildman–Crippen MR) is 212 cm³/mol. The highest BCUT2D eigenvalue weighted by Gasteiger charge is 2.27. The first-order valence-electron chi connectivity index (χ1n) is 20.1. The highest BCUT2D eigenvalue weighted by Crippen LogP contribution is 2.14. The number of amides is 3. The van der Waals surface area contributed by atoms with Gasteiger partial charge in [0.2, 0.25) is 17.7 Å². The van der Waals surface area contributed by atoms with Crippen LogP contribution in [-0.4, -0.2) is 124 Å². The largest absolute Gasteiger partial charge is 0.481 e. The van der Waals surface area contributed by atoms with Gasteiger partial charge in [0.15, 0.2) is 0 Å². The van der Waals surface area contributed by atoms with Crippen LogP contribution in [0.15, 0.2) is 0 Å². The summed E-state index contributed by atoms with van der Waals surface area (Å²) >= 11 is 2.09. The zero-order valence-corrected chi connectivity index (χ0v) is 34.6. The molecule has 14 nitrogen and oxygen atoms in total. The van der Waals surface area contributed by atoms with Crippen molar-refractivity contribution in [1.82, 2.24) is 16.0 Å². The molecule has 0 heterocycles. The van der Waals surface area contributed by atoms with Crippen molar-refractivity contribution in [2.75, 3.05) is 77.5 Å². The highest BCUT2D eigenvalue weighted by atomic mass is 32.2. The number of aliphatic carboxylic acids is 1. The molecule has 3 amide bonds. The topological polar surface area (TPSA) is 188 Å². The van der Waals surface area contributed by atoms with Crippen molar-refractivity contribution in [1.29, 1.82) is 0 Å². The average molecular weight is 792 g/mol. The second-order valence-corrected chi connectivity index (χ2v) is 15.4. The molecule has 0 fully saturated rings. The van der Waals surface area contributed by atoms with Gasteiger partial charge in [0.1, 0.15) is 24.9 Å². The molecule has 4 N–H and O–H groups in total. The summed E-state index contributed by atoms with van der Waals surface area (Å²) in [5.41, 5.74) is -0.805. The van der Waals surface area contributed by atoms with Gasteiger partial charge in [0.25, 0.3) is 0 Å². The van der Waals surface area contributed by atoms with E-state index in [-0.39, 0.29) is 25.4 Å². The molecule has 1 atom stereocenters. The number of carbonyl (C=O) groups is 5. The number of thioether (sulfide) groups is 1. The number of hydrogen-bond donors (Lipinski definition) is 4. The lowest BCUT2D eigenvalue weighted by Crippen LogP contribution is -2.46. The van der Waals surface area contributed by atoms with E-state index < -0.39 is 42.0 Å². The quantitative estimate of drug-likeness (QED) is 0.0474. The Bertz CT molecular complexity index is 982. The number of hydrogen-bond acceptors (Lipinski definition) is 11. The number of ether oxygens (including phenoxy) is 5. The molecule has 316 valence electrons. The summed E-state index contributed by atoms with van der Waals surface area (Å²) in [7, 11) is 0. The molecule has 0 radical (unpaired) electrons. The summed E-state index contributed by atoms with van der Waals surface area (Å²) in [5, 5.41) is 17.0. The van der Waals surface area contributed by atoms with Crippen LogP contribution in [-0.2, 0) is 47.7 Å². The van der Waals surface area contributed by atoms with Crippen LogP contribution < -0.4 is 16.0 Å². The molecule has 0 aliphatic carbocycles. The van der Waals surface area contributed by atoms with Crippen molar-refractivity contribution in [3.8, 4) is 0 Å². The summed E-state index contributed by atoms with van der Waals surface area (Å²) in [4.78, 5) is 59.4. The zero-order chi connectivity index (χ0) is 40.1. The van der Waals surface area contributed by atoms with Crippen LogP contribution in [0.5, 0.6) is 0 Å². The maximum Gasteiger partial charge on any atom is 0.329 e. The molecule has 0 aromatic heterocycles. The second-order valence-electron chi connectivity index (χ2n) is 14.2. The van der Waals surface area contributed by atoms with Gasteiger partial charge >= 0.3 is 11.9 Å². The van der Waals surface area contributed by atoms with E-state index in [0.717, 1.165) is 19.3 Å². The van der Waals surface area contributed by atoms with Crippen molar-refractivity contribution in [2.45, 2.75) is 142 Å². The van der Waals surface area contributed by atoms with E-state index in [1.165, 1.54) is 69.3 Å². The van der Waals surface area contributed by atoms with Gasteiger partial charge in [-0.3, -0.25) is 19.2 Å². The molecular weight excluding hydrogens is 719 g/mol. The molecule has 0 rings (SSSR count). The molecule has 0 saturated carbocycles. The standard InChI is InChI=1S/C39H73N3O11S/c1-5-6-7-8-11-14-29-54-30-15-12-9-10-13-18-34(43)40-21-16-23-49-25-27-51-28-26-50-24-17-22-41-35(44)31-52-32-36(45)42-33(19-20-37(46)47)38(48)53-39(2,3)4/h33H,5-32H2,1-4H3,(H,40,43)(H,41,44)(H,42,45)(H,46,47). The van der Waals surface area contributed by atoms with Crippen molar-refractivity contribution < 1.29 is 52.8 Å². The number of carboxylic acid groups (broad SMARTS) is 1. The first kappa shape index (κ1) is 51.5. The van der Waals surface area contributed by atoms with Crippen molar-refractivity contribution in [3.63, 3.8) is 0 Å². The maximum atomic E-state index is 12.3. The highest BCUT2D eigenvalue weighted by molar-refractivity contribution is 7.99. The van der Waals surface area contributed by atoms with E-state index in [0.29, 0.717) is 65.6 Å². The summed E-state index contributed by atoms with van der Waals surface area (Å²) < 4.78 is 26.9. The lowest BCUT2D eigenvalue weighted by atomic mass is 10.1. The summed E-state index contributed by atoms with van der Waals surface area (Å²) in [5.74, 6) is -0.256. The molecule has 0 aromatic rings. The first-order valence-corrected chi connectivity index (χ1v) is 21.3. The Hall–Kier alpha value is -2.46. The summed E-state index contributed by atoms with van der Waals surface area (Å²) in [6.45, 7) is 10.1. The van der Waals surface area contributed by atoms with Crippen molar-refractivity contribution >= 4 is 41.4 Å². The minimum Gasteiger partial charge on any atom is -0.481 e. The van der Waals surface area contributed by atoms with Crippen molar-refractivity contribution in [3.05, 3.63) is 0 Å². The number of carbonyl (C=O) groups excluding carboxylic acids is 4. The Morgan fingerprint density at radius 2 is 1.09 bits per heavy atom. The first-order chi connectivity index (χ1) is 25.9. The van der Waals surface area contributed by atoms with Gasteiger partial charge < -0.3 is 44.7 Å². The molecule has 0 aliphatic rings. The van der Waals surface area contributed by atoms with Gasteiger partial charge in [0.05, 0.1) is 26.4 Å². The predicted octanol–water partition coefficient (Wildman–Crippen LogP) is 5.19. The van der Waals surface area contributed by atoms with Gasteiger partial charge in [-0.2, -0.15) is 11.8 Å². The third-order valence-electron chi connectivity index (χ3n) is 7.79. The molecular formula is C39H73N3O11S. The molecule has 15 heteroatoms. The molecule has 0 bridgehead atoms. The van der Waals surface area contributed by atoms with Gasteiger partial charge in [-0.25, -0.2) is 4.79 Å². The SMILES string of the molecule is CCCCCCCCSCCCCCCCC(=O)NCCCOCCOCCOCCCNC(=O)COCC(=O)NC(CCC(=O)O)C(=O)OC(C)(C)C. The van der Waals surface area contributed by atoms with Crippen molar-refractivity contribution in [2.24, 2.45) is 0 Å². The number of nitrogens with one attached hydrogen (secondary N) is 3. The van der Waals surface area contributed by atoms with Crippen LogP contribution in [0.25, 0.3) is 0 Å². The van der Waals surface area contributed by atoms with E-state index >= 15 is 0 Å². The van der Waals surface area contributed by atoms with Gasteiger partial charge in [-0.05, 0) is 70.8 Å². The van der Waals surface area contributed by atoms with E-state index in [9.17, 15) is 24.0 Å². The van der Waals surface area contributed by atoms with E-state index in [4.69, 9.17) is 28.8 Å². The van der Waals surface area contributed by atoms with E-state index in [2.05, 4.69) is 34.6 Å². The lowest BCUT2D eigenvalue weighted by molar-refractivity contribution is -0.159. The van der Waals surface area contributed by atoms with Gasteiger partial charge in [-0.1, -0.05) is 58.3 Å². The zero-order valence-electron chi connectivity index (χ0n) is 33.8. The Labute approximate surface area is 329 Å². The summed E-state index contributed by atoms with van der Waals surface area (Å²) in [6.07, 6.45) is 15.5. The Morgan fingerprint density at radius 3 is 1.65 bits per heavy atom. The lowest BCUT2D eigenvalue weighted by Gasteiger charge is -2.24. The van der Waals surface area contributed by atoms with E-state index in [1.807, 2.05) is 0 Å². The van der Waals surface area contributed by atoms with Gasteiger partial charge in [0, 0.05) is 39.1 Å². The Kier molecular flexibility index (Phi) is 34.5. The third-order valence-corrected chi connectivity index (χ3v) is 8.95. The smallest absolute Gasteiger partial charge is 0.329 e. The minimum atomic E-state index is -1.14. The number of carboxylic acids is 1. The Balaban J connectivity index is 3.54. The number of rotatable bonds is 38. The van der Waals surface area contributed by atoms with Crippen LogP contribution in [0, 0.1) is 0 Å². The molecule has 1 unspecified atom stereocenters. The van der Waals surface area contributed by atoms with Crippen LogP contribution in [0.4, 0.5) is 0 Å². The third kappa shape index (κ3) is 37.8. The van der Waals surface area contributed by atoms with Crippen LogP contribution in [0.1, 0.15) is 130 Å². The molecule has 0 aromatic carbocycles. The number of esters is 1. The Morgan fingerprint density at radius 1 is 0.593 bits per heavy atom. The minimum absolute atomic E-state index is 0.117. The van der Waals surface area contributed by atoms with Crippen LogP contribution in [0.2, 0.25) is 0 Å². The normalized spacial score (nSPS) is 11.9. The fourth-order valence-electron chi connectivity index (χ4n) is 4.95. The molecule has 0 spiro atoms. The fourth-order valence-corrected chi connectivity index (χ4v) is 5.97. The van der Waals surface area contributed by atoms with Gasteiger partial charge in [-0.15, -0.1) is 0 Å². The monoisotopic (exact) mass is 791 g/mol. The molecule has 0 saturated heterocycles. The van der Waals surface area contributed by atoms with Crippen LogP contribution >= 0.6 is 11.8 Å². The van der Waals surface area contributed by atoms with Crippen LogP contribution in [0.3, 0.4) is 0 Å². The average Bonchev–Trinajstić information content (AvgIpc) is 3.10. The number of unbranched alkanes of at least 4 members (excludes halogenated alkanes) is 9. The van der Waals surface area contributed by atoms with E-state index in [1.54, 1.807) is 20.8 Å². The fraction of sp³-hybridized carbons (Fsp3) is 0.872. The molecule has 54 heavy (non-hydrogen) atoms.